The van der Waals surface area contributed by atoms with Gasteiger partial charge in [0.05, 0.1) is 23.2 Å². The number of ether oxygens (including phenoxy) is 1. The van der Waals surface area contributed by atoms with Crippen molar-refractivity contribution in [2.45, 2.75) is 13.8 Å². The second-order valence-electron chi connectivity index (χ2n) is 7.28. The lowest BCUT2D eigenvalue weighted by molar-refractivity contribution is 0.466. The average Bonchev–Trinajstić information content (AvgIpc) is 2.79. The summed E-state index contributed by atoms with van der Waals surface area (Å²) in [6.07, 6.45) is 3.29. The fraction of sp³-hybridized carbons (Fsp3) is 0.167. The Kier molecular flexibility index (Phi) is 5.63. The summed E-state index contributed by atoms with van der Waals surface area (Å²) in [4.78, 5) is 12.7. The van der Waals surface area contributed by atoms with E-state index in [0.717, 1.165) is 33.3 Å². The fourth-order valence-electron chi connectivity index (χ4n) is 3.33. The Morgan fingerprint density at radius 2 is 1.94 bits per heavy atom. The highest BCUT2D eigenvalue weighted by Gasteiger charge is 2.15. The summed E-state index contributed by atoms with van der Waals surface area (Å²) in [7, 11) is 0. The van der Waals surface area contributed by atoms with Gasteiger partial charge in [0.1, 0.15) is 5.75 Å². The average molecular weight is 410 g/mol. The quantitative estimate of drug-likeness (QED) is 0.463. The maximum atomic E-state index is 9.07. The minimum atomic E-state index is -0.0900. The molecular formula is C24H22N6O. The zero-order chi connectivity index (χ0) is 21.8. The van der Waals surface area contributed by atoms with Crippen molar-refractivity contribution in [3.8, 4) is 29.0 Å². The highest BCUT2D eigenvalue weighted by Crippen LogP contribution is 2.38. The molecule has 31 heavy (non-hydrogen) atoms. The maximum Gasteiger partial charge on any atom is 0.228 e. The van der Waals surface area contributed by atoms with Crippen LogP contribution in [-0.2, 0) is 0 Å². The number of hydrogen-bond donors (Lipinski definition) is 2. The largest absolute Gasteiger partial charge is 0.437 e. The second kappa shape index (κ2) is 8.67. The number of pyridine rings is 1. The van der Waals surface area contributed by atoms with E-state index in [1.54, 1.807) is 18.5 Å². The summed E-state index contributed by atoms with van der Waals surface area (Å²) in [5.74, 6) is 1.26. The zero-order valence-electron chi connectivity index (χ0n) is 17.3. The monoisotopic (exact) mass is 410 g/mol. The molecule has 1 atom stereocenters. The minimum Gasteiger partial charge on any atom is -0.437 e. The van der Waals surface area contributed by atoms with E-state index in [2.05, 4.69) is 32.4 Å². The molecule has 7 heteroatoms. The van der Waals surface area contributed by atoms with Crippen LogP contribution in [0.15, 0.2) is 60.9 Å². The van der Waals surface area contributed by atoms with Crippen LogP contribution in [0.25, 0.3) is 22.0 Å². The van der Waals surface area contributed by atoms with Gasteiger partial charge in [-0.2, -0.15) is 5.26 Å². The van der Waals surface area contributed by atoms with Gasteiger partial charge < -0.3 is 15.8 Å². The minimum absolute atomic E-state index is 0.0900. The van der Waals surface area contributed by atoms with E-state index in [0.29, 0.717) is 18.1 Å². The number of fused-ring (bicyclic) bond motifs is 1. The van der Waals surface area contributed by atoms with Crippen molar-refractivity contribution in [1.82, 2.24) is 15.0 Å². The van der Waals surface area contributed by atoms with Crippen molar-refractivity contribution in [2.24, 2.45) is 5.92 Å². The van der Waals surface area contributed by atoms with Gasteiger partial charge in [0.2, 0.25) is 11.8 Å². The van der Waals surface area contributed by atoms with Crippen molar-refractivity contribution in [1.29, 1.82) is 5.26 Å². The van der Waals surface area contributed by atoms with Crippen molar-refractivity contribution in [2.75, 3.05) is 17.6 Å². The third-order valence-electron chi connectivity index (χ3n) is 4.95. The molecule has 0 bridgehead atoms. The molecular weight excluding hydrogens is 388 g/mol. The van der Waals surface area contributed by atoms with Crippen LogP contribution in [0, 0.1) is 24.2 Å². The van der Waals surface area contributed by atoms with E-state index in [1.807, 2.05) is 50.2 Å². The highest BCUT2D eigenvalue weighted by atomic mass is 16.5. The molecule has 2 aromatic carbocycles. The van der Waals surface area contributed by atoms with Crippen LogP contribution in [-0.4, -0.2) is 21.5 Å². The molecule has 0 amide bonds. The summed E-state index contributed by atoms with van der Waals surface area (Å²) in [5, 5.41) is 14.4. The number of nitriles is 1. The lowest BCUT2D eigenvalue weighted by Crippen LogP contribution is -2.09. The number of benzene rings is 2. The first-order valence-electron chi connectivity index (χ1n) is 9.94. The SMILES string of the molecule is Cc1ccc2c(NCC(C)C#N)cccc2c1Oc1ncccc1-c1ccnc(N)n1. The van der Waals surface area contributed by atoms with Crippen molar-refractivity contribution >= 4 is 22.4 Å². The van der Waals surface area contributed by atoms with Crippen LogP contribution in [0.4, 0.5) is 11.6 Å². The number of nitrogen functional groups attached to an aromatic ring is 1. The first kappa shape index (κ1) is 20.1. The van der Waals surface area contributed by atoms with Gasteiger partial charge in [0, 0.05) is 35.4 Å². The van der Waals surface area contributed by atoms with E-state index in [1.165, 1.54) is 0 Å². The van der Waals surface area contributed by atoms with E-state index in [4.69, 9.17) is 15.7 Å². The van der Waals surface area contributed by atoms with E-state index in [-0.39, 0.29) is 11.9 Å². The molecule has 0 fully saturated rings. The summed E-state index contributed by atoms with van der Waals surface area (Å²) in [6, 6.07) is 17.8. The van der Waals surface area contributed by atoms with Crippen LogP contribution in [0.5, 0.6) is 11.6 Å². The molecule has 0 aliphatic heterocycles. The highest BCUT2D eigenvalue weighted by molar-refractivity contribution is 5.98. The Hall–Kier alpha value is -4.18. The standard InChI is InChI=1S/C24H22N6O/c1-15(13-25)14-29-20-7-3-5-18-17(20)9-8-16(2)22(18)31-23-19(6-4-11-27-23)21-10-12-28-24(26)30-21/h3-12,15,29H,14H2,1-2H3,(H2,26,28,30). The van der Waals surface area contributed by atoms with Crippen LogP contribution in [0.2, 0.25) is 0 Å². The van der Waals surface area contributed by atoms with Crippen molar-refractivity contribution < 1.29 is 4.74 Å². The van der Waals surface area contributed by atoms with Crippen LogP contribution in [0.1, 0.15) is 12.5 Å². The smallest absolute Gasteiger partial charge is 0.228 e. The third kappa shape index (κ3) is 4.23. The molecule has 0 aliphatic rings. The van der Waals surface area contributed by atoms with Gasteiger partial charge in [0.25, 0.3) is 0 Å². The number of aromatic nitrogens is 3. The molecule has 7 nitrogen and oxygen atoms in total. The summed E-state index contributed by atoms with van der Waals surface area (Å²) < 4.78 is 6.36. The molecule has 0 aliphatic carbocycles. The second-order valence-corrected chi connectivity index (χ2v) is 7.28. The van der Waals surface area contributed by atoms with E-state index >= 15 is 0 Å². The Labute approximate surface area is 180 Å². The molecule has 3 N–H and O–H groups in total. The number of nitrogens with zero attached hydrogens (tertiary/aromatic N) is 4. The molecule has 4 aromatic rings. The van der Waals surface area contributed by atoms with Crippen LogP contribution < -0.4 is 15.8 Å². The van der Waals surface area contributed by atoms with Gasteiger partial charge >= 0.3 is 0 Å². The maximum absolute atomic E-state index is 9.07. The van der Waals surface area contributed by atoms with Crippen molar-refractivity contribution in [3.05, 3.63) is 66.5 Å². The number of nitrogens with two attached hydrogens (primary N) is 1. The Morgan fingerprint density at radius 1 is 1.06 bits per heavy atom. The molecule has 2 aromatic heterocycles. The molecule has 0 spiro atoms. The molecule has 4 rings (SSSR count). The summed E-state index contributed by atoms with van der Waals surface area (Å²) in [6.45, 7) is 4.45. The predicted molar refractivity (Wildman–Crippen MR) is 122 cm³/mol. The third-order valence-corrected chi connectivity index (χ3v) is 4.95. The Morgan fingerprint density at radius 3 is 2.74 bits per heavy atom. The number of aryl methyl sites for hydroxylation is 1. The van der Waals surface area contributed by atoms with Gasteiger partial charge in [-0.15, -0.1) is 0 Å². The lowest BCUT2D eigenvalue weighted by atomic mass is 10.0. The van der Waals surface area contributed by atoms with Crippen molar-refractivity contribution in [3.63, 3.8) is 0 Å². The molecule has 0 radical (unpaired) electrons. The lowest BCUT2D eigenvalue weighted by Gasteiger charge is -2.16. The first-order chi connectivity index (χ1) is 15.1. The molecule has 1 unspecified atom stereocenters. The van der Waals surface area contributed by atoms with Gasteiger partial charge in [-0.25, -0.2) is 15.0 Å². The van der Waals surface area contributed by atoms with Crippen LogP contribution >= 0.6 is 0 Å². The van der Waals surface area contributed by atoms with Gasteiger partial charge in [-0.1, -0.05) is 24.3 Å². The molecule has 154 valence electrons. The summed E-state index contributed by atoms with van der Waals surface area (Å²) >= 11 is 0. The Balaban J connectivity index is 1.76. The first-order valence-corrected chi connectivity index (χ1v) is 9.94. The molecule has 0 saturated heterocycles. The molecule has 2 heterocycles. The Bertz CT molecular complexity index is 1280. The topological polar surface area (TPSA) is 110 Å². The summed E-state index contributed by atoms with van der Waals surface area (Å²) in [5.41, 5.74) is 9.06. The number of nitrogens with one attached hydrogen (secondary N) is 1. The fourth-order valence-corrected chi connectivity index (χ4v) is 3.33. The van der Waals surface area contributed by atoms with Gasteiger partial charge in [-0.05, 0) is 43.7 Å². The number of hydrogen-bond acceptors (Lipinski definition) is 7. The number of anilines is 2. The van der Waals surface area contributed by atoms with Gasteiger partial charge in [0.15, 0.2) is 0 Å². The normalized spacial score (nSPS) is 11.6. The number of rotatable bonds is 6. The van der Waals surface area contributed by atoms with Gasteiger partial charge in [-0.3, -0.25) is 0 Å². The van der Waals surface area contributed by atoms with E-state index in [9.17, 15) is 0 Å². The van der Waals surface area contributed by atoms with E-state index < -0.39 is 0 Å². The zero-order valence-corrected chi connectivity index (χ0v) is 17.3. The van der Waals surface area contributed by atoms with Crippen LogP contribution in [0.3, 0.4) is 0 Å². The predicted octanol–water partition coefficient (Wildman–Crippen LogP) is 4.95. The molecule has 0 saturated carbocycles.